The van der Waals surface area contributed by atoms with Crippen LogP contribution in [-0.2, 0) is 0 Å². The Kier molecular flexibility index (Phi) is 2.60. The third kappa shape index (κ3) is 1.80. The first-order chi connectivity index (χ1) is 7.22. The number of para-hydroxylation sites is 2. The maximum absolute atomic E-state index is 4.51. The molecule has 0 aliphatic heterocycles. The number of hydrogen-bond donors (Lipinski definition) is 2. The maximum atomic E-state index is 4.51. The van der Waals surface area contributed by atoms with Crippen molar-refractivity contribution in [2.45, 2.75) is 13.1 Å². The zero-order chi connectivity index (χ0) is 10.8. The molecule has 1 aromatic carbocycles. The smallest absolute Gasteiger partial charge is 0.204 e. The number of hydrogen-bond acceptors (Lipinski definition) is 3. The molecular weight excluding hydrogens is 188 g/mol. The van der Waals surface area contributed by atoms with Gasteiger partial charge < -0.3 is 15.2 Å². The summed E-state index contributed by atoms with van der Waals surface area (Å²) in [5.41, 5.74) is 2.07. The van der Waals surface area contributed by atoms with Crippen molar-refractivity contribution in [2.75, 3.05) is 19.0 Å². The summed E-state index contributed by atoms with van der Waals surface area (Å²) in [6.45, 7) is 2.09. The van der Waals surface area contributed by atoms with E-state index in [2.05, 4.69) is 27.1 Å². The van der Waals surface area contributed by atoms with E-state index in [0.29, 0.717) is 0 Å². The highest BCUT2D eigenvalue weighted by Gasteiger charge is 2.11. The van der Waals surface area contributed by atoms with Crippen LogP contribution in [0.1, 0.15) is 6.92 Å². The minimum atomic E-state index is 0.255. The molecule has 0 saturated heterocycles. The fraction of sp³-hybridized carbons (Fsp3) is 0.364. The molecule has 0 bridgehead atoms. The first-order valence-electron chi connectivity index (χ1n) is 5.07. The molecule has 0 aliphatic rings. The summed E-state index contributed by atoms with van der Waals surface area (Å²) in [5, 5.41) is 3.17. The summed E-state index contributed by atoms with van der Waals surface area (Å²) < 4.78 is 0. The summed E-state index contributed by atoms with van der Waals surface area (Å²) in [6, 6.07) is 8.04. The third-order valence-electron chi connectivity index (χ3n) is 2.71. The number of aromatic amines is 1. The molecule has 2 N–H and O–H groups in total. The molecule has 1 heterocycles. The molecule has 4 heteroatoms. The molecule has 4 nitrogen and oxygen atoms in total. The minimum absolute atomic E-state index is 0.255. The quantitative estimate of drug-likeness (QED) is 0.746. The van der Waals surface area contributed by atoms with E-state index in [-0.39, 0.29) is 6.17 Å². The maximum Gasteiger partial charge on any atom is 0.204 e. The lowest BCUT2D eigenvalue weighted by molar-refractivity contribution is 0.591. The van der Waals surface area contributed by atoms with Gasteiger partial charge in [-0.1, -0.05) is 12.1 Å². The van der Waals surface area contributed by atoms with Gasteiger partial charge in [0.25, 0.3) is 0 Å². The van der Waals surface area contributed by atoms with Crippen molar-refractivity contribution in [1.29, 1.82) is 0 Å². The number of nitrogens with one attached hydrogen (secondary N) is 2. The van der Waals surface area contributed by atoms with Gasteiger partial charge in [0.1, 0.15) is 0 Å². The minimum Gasteiger partial charge on any atom is -0.330 e. The van der Waals surface area contributed by atoms with E-state index in [1.165, 1.54) is 0 Å². The van der Waals surface area contributed by atoms with Crippen LogP contribution in [0, 0.1) is 0 Å². The molecule has 80 valence electrons. The Morgan fingerprint density at radius 2 is 2.13 bits per heavy atom. The molecule has 0 spiro atoms. The van der Waals surface area contributed by atoms with Crippen molar-refractivity contribution in [3.05, 3.63) is 24.3 Å². The Hall–Kier alpha value is -1.55. The average molecular weight is 204 g/mol. The number of aromatic nitrogens is 2. The van der Waals surface area contributed by atoms with Crippen molar-refractivity contribution in [3.63, 3.8) is 0 Å². The fourth-order valence-corrected chi connectivity index (χ4v) is 1.48. The highest BCUT2D eigenvalue weighted by Crippen LogP contribution is 2.16. The highest BCUT2D eigenvalue weighted by molar-refractivity contribution is 5.77. The zero-order valence-corrected chi connectivity index (χ0v) is 9.28. The topological polar surface area (TPSA) is 44.0 Å². The van der Waals surface area contributed by atoms with E-state index in [9.17, 15) is 0 Å². The van der Waals surface area contributed by atoms with Gasteiger partial charge in [0.15, 0.2) is 0 Å². The average Bonchev–Trinajstić information content (AvgIpc) is 2.70. The monoisotopic (exact) mass is 204 g/mol. The molecule has 2 aromatic rings. The third-order valence-corrected chi connectivity index (χ3v) is 2.71. The fourth-order valence-electron chi connectivity index (χ4n) is 1.48. The van der Waals surface area contributed by atoms with Gasteiger partial charge in [-0.25, -0.2) is 4.98 Å². The predicted octanol–water partition coefficient (Wildman–Crippen LogP) is 1.56. The molecule has 1 atom stereocenters. The molecule has 0 saturated carbocycles. The standard InChI is InChI=1S/C11H16N4/c1-8(12-2)15(3)11-13-9-6-4-5-7-10(9)14-11/h4-8,12H,1-3H3,(H,13,14). The normalized spacial score (nSPS) is 13.0. The van der Waals surface area contributed by atoms with Crippen molar-refractivity contribution >= 4 is 17.0 Å². The Bertz CT molecular complexity index is 416. The number of rotatable bonds is 3. The Labute approximate surface area is 89.3 Å². The van der Waals surface area contributed by atoms with Crippen LogP contribution in [-0.4, -0.2) is 30.2 Å². The lowest BCUT2D eigenvalue weighted by atomic mass is 10.3. The van der Waals surface area contributed by atoms with Gasteiger partial charge >= 0.3 is 0 Å². The van der Waals surface area contributed by atoms with Crippen LogP contribution in [0.15, 0.2) is 24.3 Å². The first kappa shape index (κ1) is 9.98. The molecule has 1 unspecified atom stereocenters. The predicted molar refractivity (Wildman–Crippen MR) is 63.0 cm³/mol. The van der Waals surface area contributed by atoms with Crippen LogP contribution in [0.2, 0.25) is 0 Å². The number of benzene rings is 1. The summed E-state index contributed by atoms with van der Waals surface area (Å²) in [4.78, 5) is 9.87. The van der Waals surface area contributed by atoms with Crippen LogP contribution < -0.4 is 10.2 Å². The second kappa shape index (κ2) is 3.90. The number of fused-ring (bicyclic) bond motifs is 1. The van der Waals surface area contributed by atoms with Crippen LogP contribution in [0.5, 0.6) is 0 Å². The lowest BCUT2D eigenvalue weighted by Crippen LogP contribution is -2.39. The Balaban J connectivity index is 2.36. The zero-order valence-electron chi connectivity index (χ0n) is 9.28. The van der Waals surface area contributed by atoms with Crippen LogP contribution in [0.4, 0.5) is 5.95 Å². The van der Waals surface area contributed by atoms with E-state index in [1.54, 1.807) is 0 Å². The summed E-state index contributed by atoms with van der Waals surface area (Å²) in [5.74, 6) is 0.887. The van der Waals surface area contributed by atoms with Crippen LogP contribution in [0.3, 0.4) is 0 Å². The second-order valence-electron chi connectivity index (χ2n) is 3.65. The lowest BCUT2D eigenvalue weighted by Gasteiger charge is -2.23. The molecular formula is C11H16N4. The summed E-state index contributed by atoms with van der Waals surface area (Å²) in [6.07, 6.45) is 0.255. The molecule has 0 fully saturated rings. The molecule has 15 heavy (non-hydrogen) atoms. The van der Waals surface area contributed by atoms with E-state index < -0.39 is 0 Å². The molecule has 1 aromatic heterocycles. The van der Waals surface area contributed by atoms with Crippen LogP contribution in [0.25, 0.3) is 11.0 Å². The van der Waals surface area contributed by atoms with E-state index in [1.807, 2.05) is 38.4 Å². The van der Waals surface area contributed by atoms with Gasteiger partial charge in [-0.2, -0.15) is 0 Å². The van der Waals surface area contributed by atoms with E-state index in [4.69, 9.17) is 0 Å². The first-order valence-corrected chi connectivity index (χ1v) is 5.07. The highest BCUT2D eigenvalue weighted by atomic mass is 15.3. The number of anilines is 1. The molecule has 0 radical (unpaired) electrons. The summed E-state index contributed by atoms with van der Waals surface area (Å²) >= 11 is 0. The van der Waals surface area contributed by atoms with E-state index in [0.717, 1.165) is 17.0 Å². The van der Waals surface area contributed by atoms with Gasteiger partial charge in [0.05, 0.1) is 17.2 Å². The summed E-state index contributed by atoms with van der Waals surface area (Å²) in [7, 11) is 3.95. The van der Waals surface area contributed by atoms with Crippen molar-refractivity contribution in [2.24, 2.45) is 0 Å². The SMILES string of the molecule is CNC(C)N(C)c1nc2ccccc2[nH]1. The van der Waals surface area contributed by atoms with Gasteiger partial charge in [-0.3, -0.25) is 0 Å². The van der Waals surface area contributed by atoms with Crippen molar-refractivity contribution < 1.29 is 0 Å². The van der Waals surface area contributed by atoms with Gasteiger partial charge in [-0.15, -0.1) is 0 Å². The van der Waals surface area contributed by atoms with Gasteiger partial charge in [0.2, 0.25) is 5.95 Å². The van der Waals surface area contributed by atoms with Crippen molar-refractivity contribution in [1.82, 2.24) is 15.3 Å². The largest absolute Gasteiger partial charge is 0.330 e. The van der Waals surface area contributed by atoms with Crippen molar-refractivity contribution in [3.8, 4) is 0 Å². The van der Waals surface area contributed by atoms with E-state index >= 15 is 0 Å². The van der Waals surface area contributed by atoms with Gasteiger partial charge in [-0.05, 0) is 26.1 Å². The molecule has 2 rings (SSSR count). The van der Waals surface area contributed by atoms with Gasteiger partial charge in [0, 0.05) is 7.05 Å². The molecule has 0 amide bonds. The Morgan fingerprint density at radius 3 is 2.80 bits per heavy atom. The Morgan fingerprint density at radius 1 is 1.40 bits per heavy atom. The molecule has 0 aliphatic carbocycles. The number of imidazole rings is 1. The number of nitrogens with zero attached hydrogens (tertiary/aromatic N) is 2. The second-order valence-corrected chi connectivity index (χ2v) is 3.65. The van der Waals surface area contributed by atoms with Crippen LogP contribution >= 0.6 is 0 Å². The number of H-pyrrole nitrogens is 1.